The van der Waals surface area contributed by atoms with Crippen LogP contribution in [0.25, 0.3) is 0 Å². The summed E-state index contributed by atoms with van der Waals surface area (Å²) >= 11 is 0. The van der Waals surface area contributed by atoms with Crippen LogP contribution in [-0.4, -0.2) is 56.3 Å². The van der Waals surface area contributed by atoms with E-state index < -0.39 is 25.0 Å². The van der Waals surface area contributed by atoms with Gasteiger partial charge in [0.15, 0.2) is 25.0 Å². The van der Waals surface area contributed by atoms with Crippen molar-refractivity contribution >= 4 is 30.9 Å². The number of methoxy groups -OCH3 is 1. The van der Waals surface area contributed by atoms with Crippen LogP contribution >= 0.6 is 0 Å². The molecule has 8 heteroatoms. The minimum atomic E-state index is -2.07. The topological polar surface area (TPSA) is 54.0 Å². The third-order valence-electron chi connectivity index (χ3n) is 12.3. The second-order valence-electron chi connectivity index (χ2n) is 19.3. The molecule has 0 N–H and O–H groups in total. The fourth-order valence-corrected chi connectivity index (χ4v) is 9.88. The van der Waals surface area contributed by atoms with E-state index in [0.717, 1.165) is 38.5 Å². The lowest BCUT2D eigenvalue weighted by Crippen LogP contribution is -2.45. The van der Waals surface area contributed by atoms with E-state index in [4.69, 9.17) is 18.0 Å². The predicted molar refractivity (Wildman–Crippen MR) is 221 cm³/mol. The van der Waals surface area contributed by atoms with Gasteiger partial charge in [-0.15, -0.1) is 0 Å². The van der Waals surface area contributed by atoms with Crippen molar-refractivity contribution in [3.05, 3.63) is 60.2 Å². The molecule has 1 aliphatic rings. The van der Waals surface area contributed by atoms with Crippen LogP contribution in [0, 0.1) is 11.8 Å². The largest absolute Gasteiger partial charge is 0.469 e. The Kier molecular flexibility index (Phi) is 16.3. The molecule has 0 bridgehead atoms. The zero-order valence-electron chi connectivity index (χ0n) is 35.1. The molecule has 0 unspecified atom stereocenters. The average Bonchev–Trinajstić information content (AvgIpc) is 3.28. The molecule has 0 spiro atoms. The summed E-state index contributed by atoms with van der Waals surface area (Å²) < 4.78 is 26.7. The molecule has 50 heavy (non-hydrogen) atoms. The first-order valence-electron chi connectivity index (χ1n) is 19.3. The first kappa shape index (κ1) is 44.9. The monoisotopic (exact) mass is 745 g/mol. The van der Waals surface area contributed by atoms with Crippen molar-refractivity contribution in [1.29, 1.82) is 0 Å². The lowest BCUT2D eigenvalue weighted by molar-refractivity contribution is -0.140. The Morgan fingerprint density at radius 2 is 1.34 bits per heavy atom. The van der Waals surface area contributed by atoms with E-state index in [2.05, 4.69) is 156 Å². The van der Waals surface area contributed by atoms with Crippen molar-refractivity contribution in [3.8, 4) is 0 Å². The number of benzene rings is 1. The minimum absolute atomic E-state index is 0.0273. The molecule has 0 aromatic heterocycles. The number of rotatable bonds is 17. The number of carbonyl (C=O) groups is 1. The molecule has 0 aliphatic heterocycles. The van der Waals surface area contributed by atoms with Gasteiger partial charge >= 0.3 is 5.97 Å². The van der Waals surface area contributed by atoms with Crippen LogP contribution in [0.5, 0.6) is 0 Å². The molecule has 1 fully saturated rings. The highest BCUT2D eigenvalue weighted by Gasteiger charge is 2.50. The van der Waals surface area contributed by atoms with Gasteiger partial charge < -0.3 is 18.0 Å². The molecule has 5 nitrogen and oxygen atoms in total. The fourth-order valence-electron chi connectivity index (χ4n) is 5.83. The quantitative estimate of drug-likeness (QED) is 0.0688. The summed E-state index contributed by atoms with van der Waals surface area (Å²) in [4.78, 5) is 11.7. The summed E-state index contributed by atoms with van der Waals surface area (Å²) in [6.45, 7) is 35.3. The van der Waals surface area contributed by atoms with Gasteiger partial charge in [0, 0.05) is 12.3 Å². The van der Waals surface area contributed by atoms with Crippen LogP contribution in [0.15, 0.2) is 54.6 Å². The Hall–Kier alpha value is -1.30. The third-order valence-corrected chi connectivity index (χ3v) is 25.8. The zero-order chi connectivity index (χ0) is 38.2. The third kappa shape index (κ3) is 13.3. The molecule has 5 atom stereocenters. The number of aryl methyl sites for hydroxylation is 1. The van der Waals surface area contributed by atoms with Crippen LogP contribution < -0.4 is 0 Å². The van der Waals surface area contributed by atoms with Gasteiger partial charge in [-0.2, -0.15) is 0 Å². The predicted octanol–water partition coefficient (Wildman–Crippen LogP) is 12.3. The van der Waals surface area contributed by atoms with Crippen LogP contribution in [0.1, 0.15) is 106 Å². The zero-order valence-corrected chi connectivity index (χ0v) is 38.1. The molecule has 1 aromatic carbocycles. The van der Waals surface area contributed by atoms with E-state index in [9.17, 15) is 4.79 Å². The summed E-state index contributed by atoms with van der Waals surface area (Å²) in [6, 6.07) is 10.8. The second-order valence-corrected chi connectivity index (χ2v) is 33.6. The van der Waals surface area contributed by atoms with E-state index in [1.807, 2.05) is 0 Å². The lowest BCUT2D eigenvalue weighted by atomic mass is 9.89. The van der Waals surface area contributed by atoms with Gasteiger partial charge in [-0.05, 0) is 104 Å². The van der Waals surface area contributed by atoms with Crippen molar-refractivity contribution in [3.63, 3.8) is 0 Å². The van der Waals surface area contributed by atoms with E-state index in [1.54, 1.807) is 0 Å². The summed E-state index contributed by atoms with van der Waals surface area (Å²) in [5, 5.41) is 0.347. The molecular formula is C42H76O5Si3. The van der Waals surface area contributed by atoms with Crippen molar-refractivity contribution in [2.75, 3.05) is 7.11 Å². The summed E-state index contributed by atoms with van der Waals surface area (Å²) in [6.07, 6.45) is 15.6. The molecule has 0 heterocycles. The highest BCUT2D eigenvalue weighted by atomic mass is 28.4. The first-order chi connectivity index (χ1) is 22.8. The van der Waals surface area contributed by atoms with Crippen molar-refractivity contribution < 1.29 is 22.8 Å². The van der Waals surface area contributed by atoms with Crippen LogP contribution in [0.4, 0.5) is 0 Å². The fraction of sp³-hybridized carbons (Fsp3) is 0.738. The van der Waals surface area contributed by atoms with Crippen molar-refractivity contribution in [1.82, 2.24) is 0 Å². The number of hydrogen-bond donors (Lipinski definition) is 0. The number of ether oxygens (including phenoxy) is 1. The van der Waals surface area contributed by atoms with Crippen LogP contribution in [0.3, 0.4) is 0 Å². The Labute approximate surface area is 311 Å². The average molecular weight is 745 g/mol. The van der Waals surface area contributed by atoms with E-state index in [-0.39, 0.29) is 51.2 Å². The number of esters is 1. The van der Waals surface area contributed by atoms with Gasteiger partial charge in [-0.3, -0.25) is 4.79 Å². The van der Waals surface area contributed by atoms with Gasteiger partial charge in [0.2, 0.25) is 0 Å². The molecule has 2 rings (SSSR count). The molecule has 1 aliphatic carbocycles. The highest BCUT2D eigenvalue weighted by molar-refractivity contribution is 6.75. The molecule has 1 aromatic rings. The van der Waals surface area contributed by atoms with Crippen LogP contribution in [0.2, 0.25) is 54.4 Å². The maximum absolute atomic E-state index is 11.7. The van der Waals surface area contributed by atoms with Gasteiger partial charge in [0.05, 0.1) is 25.4 Å². The van der Waals surface area contributed by atoms with E-state index in [0.29, 0.717) is 6.42 Å². The number of unbranched alkanes of at least 4 members (excludes halogenated alkanes) is 1. The van der Waals surface area contributed by atoms with Gasteiger partial charge in [0.25, 0.3) is 0 Å². The summed E-state index contributed by atoms with van der Waals surface area (Å²) in [5.74, 6) is 0.352. The molecule has 1 saturated carbocycles. The minimum Gasteiger partial charge on any atom is -0.469 e. The maximum Gasteiger partial charge on any atom is 0.305 e. The molecule has 0 saturated heterocycles. The Morgan fingerprint density at radius 3 is 1.86 bits per heavy atom. The maximum atomic E-state index is 11.7. The number of allylic oxidation sites excluding steroid dienone is 2. The Bertz CT molecular complexity index is 1230. The van der Waals surface area contributed by atoms with Gasteiger partial charge in [-0.25, -0.2) is 0 Å². The Morgan fingerprint density at radius 1 is 0.800 bits per heavy atom. The Balaban J connectivity index is 2.57. The standard InChI is InChI=1S/C42H76O5Si3/c1-40(2,3)48(11,12)45-34(29-28-33-24-20-19-21-25-33)30-31-36-35(26-22-17-18-23-27-39(43)44-10)37(46-49(13,14)41(4,5)6)32-38(36)47-50(15,16)42(7,8)9/h17,19-22,24-25,30-31,34-38H,18,23,26-29,32H2,1-16H3/b22-17-,31-30+/t34-,35+,36+,37-,38+/m0/s1. The highest BCUT2D eigenvalue weighted by Crippen LogP contribution is 2.48. The first-order valence-corrected chi connectivity index (χ1v) is 28.0. The lowest BCUT2D eigenvalue weighted by Gasteiger charge is -2.40. The molecule has 0 amide bonds. The SMILES string of the molecule is COC(=O)CCC/C=C\C[C@@H]1[C@@H](/C=C/[C@H](CCc2ccccc2)O[Si](C)(C)C(C)(C)C)[C@H](O[Si](C)(C)C(C)(C)C)C[C@@H]1O[Si](C)(C)C(C)(C)C. The molecule has 0 radical (unpaired) electrons. The van der Waals surface area contributed by atoms with Crippen molar-refractivity contribution in [2.45, 2.75) is 180 Å². The normalized spacial score (nSPS) is 22.1. The number of carbonyl (C=O) groups excluding carboxylic acids is 1. The second kappa shape index (κ2) is 18.2. The number of hydrogen-bond acceptors (Lipinski definition) is 5. The molecular weight excluding hydrogens is 669 g/mol. The van der Waals surface area contributed by atoms with Gasteiger partial charge in [-0.1, -0.05) is 117 Å². The summed E-state index contributed by atoms with van der Waals surface area (Å²) in [7, 11) is -4.70. The smallest absolute Gasteiger partial charge is 0.305 e. The van der Waals surface area contributed by atoms with Gasteiger partial charge in [0.1, 0.15) is 0 Å². The molecule has 286 valence electrons. The van der Waals surface area contributed by atoms with E-state index >= 15 is 0 Å². The van der Waals surface area contributed by atoms with Crippen molar-refractivity contribution in [2.24, 2.45) is 11.8 Å². The van der Waals surface area contributed by atoms with E-state index in [1.165, 1.54) is 12.7 Å². The van der Waals surface area contributed by atoms with Crippen LogP contribution in [-0.2, 0) is 29.2 Å². The summed E-state index contributed by atoms with van der Waals surface area (Å²) in [5.41, 5.74) is 1.35.